The second-order valence-corrected chi connectivity index (χ2v) is 3.98. The number of rotatable bonds is 6. The Morgan fingerprint density at radius 2 is 2.11 bits per heavy atom. The van der Waals surface area contributed by atoms with Gasteiger partial charge in [0.25, 0.3) is 0 Å². The number of hydrogen-bond acceptors (Lipinski definition) is 4. The number of aromatic nitrogens is 3. The van der Waals surface area contributed by atoms with Crippen LogP contribution in [-0.4, -0.2) is 32.6 Å². The predicted molar refractivity (Wildman–Crippen MR) is 65.1 cm³/mol. The van der Waals surface area contributed by atoms with E-state index in [1.807, 2.05) is 0 Å². The molecule has 0 amide bonds. The molecule has 2 aromatic rings. The Bertz CT molecular complexity index is 553. The van der Waals surface area contributed by atoms with E-state index in [1.54, 1.807) is 12.1 Å². The van der Waals surface area contributed by atoms with Crippen molar-refractivity contribution in [3.8, 4) is 0 Å². The quantitative estimate of drug-likeness (QED) is 0.758. The van der Waals surface area contributed by atoms with Crippen molar-refractivity contribution in [1.82, 2.24) is 20.3 Å². The molecule has 1 heterocycles. The van der Waals surface area contributed by atoms with E-state index in [0.717, 1.165) is 5.56 Å². The van der Waals surface area contributed by atoms with Gasteiger partial charge in [0.1, 0.15) is 5.82 Å². The van der Waals surface area contributed by atoms with E-state index in [9.17, 15) is 9.18 Å². The molecule has 0 fully saturated rings. The Kier molecular flexibility index (Phi) is 4.19. The summed E-state index contributed by atoms with van der Waals surface area (Å²) < 4.78 is 14.1. The molecule has 0 saturated carbocycles. The van der Waals surface area contributed by atoms with Crippen LogP contribution in [0.3, 0.4) is 0 Å². The van der Waals surface area contributed by atoms with Crippen LogP contribution in [0.1, 0.15) is 16.1 Å². The first-order valence-corrected chi connectivity index (χ1v) is 5.74. The molecule has 0 unspecified atom stereocenters. The highest BCUT2D eigenvalue weighted by atomic mass is 19.1. The van der Waals surface area contributed by atoms with Gasteiger partial charge in [-0.25, -0.2) is 9.18 Å². The van der Waals surface area contributed by atoms with Crippen molar-refractivity contribution in [2.45, 2.75) is 13.1 Å². The maximum Gasteiger partial charge on any atom is 0.358 e. The van der Waals surface area contributed by atoms with Crippen LogP contribution in [0.15, 0.2) is 30.5 Å². The maximum atomic E-state index is 12.7. The first-order valence-electron chi connectivity index (χ1n) is 5.74. The summed E-state index contributed by atoms with van der Waals surface area (Å²) in [5, 5.41) is 19.0. The zero-order valence-corrected chi connectivity index (χ0v) is 10.1. The molecule has 1 aromatic carbocycles. The highest BCUT2D eigenvalue weighted by Crippen LogP contribution is 2.01. The van der Waals surface area contributed by atoms with E-state index in [2.05, 4.69) is 15.6 Å². The van der Waals surface area contributed by atoms with Crippen molar-refractivity contribution >= 4 is 5.97 Å². The molecular formula is C12H13FN4O2. The monoisotopic (exact) mass is 264 g/mol. The zero-order valence-electron chi connectivity index (χ0n) is 10.1. The summed E-state index contributed by atoms with van der Waals surface area (Å²) in [6, 6.07) is 6.24. The van der Waals surface area contributed by atoms with Crippen molar-refractivity contribution < 1.29 is 14.3 Å². The fraction of sp³-hybridized carbons (Fsp3) is 0.250. The van der Waals surface area contributed by atoms with Gasteiger partial charge in [-0.05, 0) is 17.7 Å². The second-order valence-electron chi connectivity index (χ2n) is 3.98. The number of halogens is 1. The number of aromatic carboxylic acids is 1. The van der Waals surface area contributed by atoms with E-state index in [-0.39, 0.29) is 11.5 Å². The molecule has 0 spiro atoms. The largest absolute Gasteiger partial charge is 0.476 e. The Morgan fingerprint density at radius 3 is 2.74 bits per heavy atom. The van der Waals surface area contributed by atoms with Gasteiger partial charge in [-0.2, -0.15) is 0 Å². The number of carboxylic acids is 1. The Morgan fingerprint density at radius 1 is 1.37 bits per heavy atom. The lowest BCUT2D eigenvalue weighted by Crippen LogP contribution is -2.19. The Balaban J connectivity index is 1.74. The third-order valence-electron chi connectivity index (χ3n) is 2.52. The molecule has 0 bridgehead atoms. The molecule has 2 N–H and O–H groups in total. The summed E-state index contributed by atoms with van der Waals surface area (Å²) in [4.78, 5) is 10.6. The van der Waals surface area contributed by atoms with E-state index < -0.39 is 5.97 Å². The fourth-order valence-corrected chi connectivity index (χ4v) is 1.53. The molecule has 6 nitrogen and oxygen atoms in total. The summed E-state index contributed by atoms with van der Waals surface area (Å²) in [5.41, 5.74) is 0.907. The van der Waals surface area contributed by atoms with Gasteiger partial charge in [0, 0.05) is 13.1 Å². The highest BCUT2D eigenvalue weighted by Gasteiger charge is 2.07. The van der Waals surface area contributed by atoms with Crippen LogP contribution in [0.4, 0.5) is 4.39 Å². The Hall–Kier alpha value is -2.28. The lowest BCUT2D eigenvalue weighted by atomic mass is 10.2. The van der Waals surface area contributed by atoms with Gasteiger partial charge < -0.3 is 10.4 Å². The second kappa shape index (κ2) is 6.05. The van der Waals surface area contributed by atoms with Gasteiger partial charge in [-0.1, -0.05) is 17.3 Å². The van der Waals surface area contributed by atoms with Crippen LogP contribution in [-0.2, 0) is 13.1 Å². The summed E-state index contributed by atoms with van der Waals surface area (Å²) >= 11 is 0. The van der Waals surface area contributed by atoms with Crippen LogP contribution < -0.4 is 5.32 Å². The number of nitrogens with zero attached hydrogens (tertiary/aromatic N) is 3. The van der Waals surface area contributed by atoms with Gasteiger partial charge in [-0.15, -0.1) is 5.10 Å². The number of carboxylic acid groups (broad SMARTS) is 1. The minimum atomic E-state index is -1.09. The van der Waals surface area contributed by atoms with Crippen LogP contribution in [0.2, 0.25) is 0 Å². The first kappa shape index (κ1) is 13.2. The molecule has 1 aromatic heterocycles. The standard InChI is InChI=1S/C12H13FN4O2/c13-10-3-1-9(2-4-10)7-14-5-6-17-8-11(12(18)19)15-16-17/h1-4,8,14H,5-7H2,(H,18,19). The van der Waals surface area contributed by atoms with Crippen molar-refractivity contribution in [2.24, 2.45) is 0 Å². The average Bonchev–Trinajstić information content (AvgIpc) is 2.86. The SMILES string of the molecule is O=C(O)c1cn(CCNCc2ccc(F)cc2)nn1. The molecule has 7 heteroatoms. The third kappa shape index (κ3) is 3.85. The number of carbonyl (C=O) groups is 1. The highest BCUT2D eigenvalue weighted by molar-refractivity contribution is 5.84. The number of hydrogen-bond donors (Lipinski definition) is 2. The molecule has 19 heavy (non-hydrogen) atoms. The Labute approximate surface area is 108 Å². The summed E-state index contributed by atoms with van der Waals surface area (Å²) in [6.45, 7) is 1.74. The lowest BCUT2D eigenvalue weighted by Gasteiger charge is -2.04. The van der Waals surface area contributed by atoms with Crippen LogP contribution in [0, 0.1) is 5.82 Å². The molecule has 0 aliphatic rings. The van der Waals surface area contributed by atoms with Crippen LogP contribution in [0.5, 0.6) is 0 Å². The topological polar surface area (TPSA) is 80.0 Å². The molecule has 0 aliphatic carbocycles. The van der Waals surface area contributed by atoms with E-state index in [4.69, 9.17) is 5.11 Å². The molecule has 0 aliphatic heterocycles. The van der Waals surface area contributed by atoms with Crippen molar-refractivity contribution in [2.75, 3.05) is 6.54 Å². The maximum absolute atomic E-state index is 12.7. The molecule has 0 radical (unpaired) electrons. The third-order valence-corrected chi connectivity index (χ3v) is 2.52. The predicted octanol–water partition coefficient (Wildman–Crippen LogP) is 0.905. The first-order chi connectivity index (χ1) is 9.15. The van der Waals surface area contributed by atoms with Crippen LogP contribution >= 0.6 is 0 Å². The number of nitrogens with one attached hydrogen (secondary N) is 1. The average molecular weight is 264 g/mol. The minimum Gasteiger partial charge on any atom is -0.476 e. The van der Waals surface area contributed by atoms with E-state index in [1.165, 1.54) is 23.0 Å². The summed E-state index contributed by atoms with van der Waals surface area (Å²) in [5.74, 6) is -1.35. The van der Waals surface area contributed by atoms with Gasteiger partial charge in [-0.3, -0.25) is 4.68 Å². The number of benzene rings is 1. The van der Waals surface area contributed by atoms with E-state index in [0.29, 0.717) is 19.6 Å². The fourth-order valence-electron chi connectivity index (χ4n) is 1.53. The lowest BCUT2D eigenvalue weighted by molar-refractivity contribution is 0.0690. The zero-order chi connectivity index (χ0) is 13.7. The van der Waals surface area contributed by atoms with Crippen LogP contribution in [0.25, 0.3) is 0 Å². The summed E-state index contributed by atoms with van der Waals surface area (Å²) in [6.07, 6.45) is 1.38. The van der Waals surface area contributed by atoms with Crippen molar-refractivity contribution in [3.05, 3.63) is 47.5 Å². The molecule has 2 rings (SSSR count). The molecule has 100 valence electrons. The molecule has 0 saturated heterocycles. The van der Waals surface area contributed by atoms with Crippen molar-refractivity contribution in [3.63, 3.8) is 0 Å². The molecule has 0 atom stereocenters. The normalized spacial score (nSPS) is 10.6. The van der Waals surface area contributed by atoms with Gasteiger partial charge in [0.05, 0.1) is 12.7 Å². The van der Waals surface area contributed by atoms with Gasteiger partial charge in [0.15, 0.2) is 5.69 Å². The van der Waals surface area contributed by atoms with Gasteiger partial charge >= 0.3 is 5.97 Å². The van der Waals surface area contributed by atoms with E-state index >= 15 is 0 Å². The minimum absolute atomic E-state index is 0.0708. The van der Waals surface area contributed by atoms with Crippen molar-refractivity contribution in [1.29, 1.82) is 0 Å². The van der Waals surface area contributed by atoms with Gasteiger partial charge in [0.2, 0.25) is 0 Å². The molecular weight excluding hydrogens is 251 g/mol. The summed E-state index contributed by atoms with van der Waals surface area (Å²) in [7, 11) is 0. The smallest absolute Gasteiger partial charge is 0.358 e.